The zero-order chi connectivity index (χ0) is 19.2. The van der Waals surface area contributed by atoms with Crippen molar-refractivity contribution in [3.05, 3.63) is 29.8 Å². The molecule has 1 heterocycles. The summed E-state index contributed by atoms with van der Waals surface area (Å²) in [5.41, 5.74) is 0.989. The molecule has 0 radical (unpaired) electrons. The van der Waals surface area contributed by atoms with Gasteiger partial charge in [-0.25, -0.2) is 8.42 Å². The molecule has 1 aliphatic heterocycles. The molecular formula is C19H31N3O3S. The Morgan fingerprint density at radius 2 is 1.88 bits per heavy atom. The van der Waals surface area contributed by atoms with Crippen molar-refractivity contribution in [1.82, 2.24) is 14.5 Å². The van der Waals surface area contributed by atoms with Gasteiger partial charge in [0.15, 0.2) is 0 Å². The minimum absolute atomic E-state index is 0.184. The Labute approximate surface area is 157 Å². The van der Waals surface area contributed by atoms with E-state index in [1.807, 2.05) is 37.9 Å². The third kappa shape index (κ3) is 5.05. The highest BCUT2D eigenvalue weighted by molar-refractivity contribution is 7.89. The lowest BCUT2D eigenvalue weighted by Crippen LogP contribution is -2.30. The maximum Gasteiger partial charge on any atom is 0.243 e. The van der Waals surface area contributed by atoms with Crippen LogP contribution in [0.1, 0.15) is 32.3 Å². The highest BCUT2D eigenvalue weighted by Crippen LogP contribution is 2.19. The molecule has 1 amide bonds. The van der Waals surface area contributed by atoms with E-state index in [9.17, 15) is 13.2 Å². The predicted octanol–water partition coefficient (Wildman–Crippen LogP) is 1.72. The van der Waals surface area contributed by atoms with Crippen LogP contribution in [0.4, 0.5) is 0 Å². The monoisotopic (exact) mass is 381 g/mol. The van der Waals surface area contributed by atoms with Crippen LogP contribution in [-0.4, -0.2) is 63.3 Å². The minimum atomic E-state index is -3.42. The van der Waals surface area contributed by atoms with Gasteiger partial charge in [0.2, 0.25) is 15.9 Å². The van der Waals surface area contributed by atoms with Crippen molar-refractivity contribution in [2.45, 2.75) is 38.0 Å². The van der Waals surface area contributed by atoms with E-state index in [4.69, 9.17) is 0 Å². The molecule has 1 aromatic rings. The van der Waals surface area contributed by atoms with Gasteiger partial charge in [0.25, 0.3) is 0 Å². The highest BCUT2D eigenvalue weighted by Gasteiger charge is 2.25. The second kappa shape index (κ2) is 9.48. The Kier molecular flexibility index (Phi) is 7.61. The van der Waals surface area contributed by atoms with Crippen LogP contribution in [0.25, 0.3) is 0 Å². The summed E-state index contributed by atoms with van der Waals surface area (Å²) in [4.78, 5) is 14.6. The molecule has 1 aliphatic rings. The normalized spacial score (nSPS) is 17.8. The number of rotatable bonds is 9. The summed E-state index contributed by atoms with van der Waals surface area (Å²) in [6.45, 7) is 7.21. The van der Waals surface area contributed by atoms with E-state index in [0.29, 0.717) is 36.7 Å². The zero-order valence-corrected chi connectivity index (χ0v) is 16.9. The van der Waals surface area contributed by atoms with E-state index in [0.717, 1.165) is 31.6 Å². The number of carbonyl (C=O) groups excluding carboxylic acids is 1. The van der Waals surface area contributed by atoms with Crippen molar-refractivity contribution in [3.63, 3.8) is 0 Å². The Bertz CT molecular complexity index is 684. The Balaban J connectivity index is 1.91. The molecule has 0 saturated carbocycles. The van der Waals surface area contributed by atoms with Gasteiger partial charge < -0.3 is 10.2 Å². The van der Waals surface area contributed by atoms with Crippen molar-refractivity contribution in [2.24, 2.45) is 5.92 Å². The maximum absolute atomic E-state index is 12.5. The Hall–Kier alpha value is -1.44. The molecule has 1 aromatic carbocycles. The molecule has 26 heavy (non-hydrogen) atoms. The van der Waals surface area contributed by atoms with Crippen molar-refractivity contribution in [3.8, 4) is 0 Å². The first-order valence-corrected chi connectivity index (χ1v) is 10.9. The van der Waals surface area contributed by atoms with E-state index in [2.05, 4.69) is 5.32 Å². The van der Waals surface area contributed by atoms with Crippen molar-refractivity contribution >= 4 is 15.9 Å². The molecule has 0 bridgehead atoms. The van der Waals surface area contributed by atoms with Crippen LogP contribution in [-0.2, 0) is 21.2 Å². The molecule has 146 valence electrons. The van der Waals surface area contributed by atoms with E-state index < -0.39 is 10.0 Å². The van der Waals surface area contributed by atoms with Gasteiger partial charge in [-0.3, -0.25) is 4.79 Å². The largest absolute Gasteiger partial charge is 0.342 e. The number of hydrogen-bond donors (Lipinski definition) is 1. The van der Waals surface area contributed by atoms with Crippen LogP contribution < -0.4 is 5.32 Å². The Morgan fingerprint density at radius 1 is 1.23 bits per heavy atom. The van der Waals surface area contributed by atoms with Crippen LogP contribution in [0.15, 0.2) is 29.2 Å². The molecule has 1 saturated heterocycles. The summed E-state index contributed by atoms with van der Waals surface area (Å²) in [5.74, 6) is 0.733. The average Bonchev–Trinajstić information content (AvgIpc) is 3.10. The smallest absolute Gasteiger partial charge is 0.243 e. The van der Waals surface area contributed by atoms with E-state index in [1.54, 1.807) is 12.1 Å². The number of amides is 1. The predicted molar refractivity (Wildman–Crippen MR) is 103 cm³/mol. The fourth-order valence-electron chi connectivity index (χ4n) is 3.46. The zero-order valence-electron chi connectivity index (χ0n) is 16.1. The number of nitrogens with zero attached hydrogens (tertiary/aromatic N) is 2. The molecule has 1 N–H and O–H groups in total. The summed E-state index contributed by atoms with van der Waals surface area (Å²) in [5, 5.41) is 3.17. The second-order valence-electron chi connectivity index (χ2n) is 6.79. The van der Waals surface area contributed by atoms with Gasteiger partial charge in [-0.05, 0) is 50.0 Å². The first-order chi connectivity index (χ1) is 12.4. The fourth-order valence-corrected chi connectivity index (χ4v) is 4.92. The number of sulfonamides is 1. The van der Waals surface area contributed by atoms with Gasteiger partial charge in [-0.15, -0.1) is 0 Å². The van der Waals surface area contributed by atoms with E-state index in [1.165, 1.54) is 4.31 Å². The van der Waals surface area contributed by atoms with Crippen molar-refractivity contribution in [2.75, 3.05) is 39.8 Å². The van der Waals surface area contributed by atoms with Crippen molar-refractivity contribution in [1.29, 1.82) is 0 Å². The topological polar surface area (TPSA) is 69.7 Å². The average molecular weight is 382 g/mol. The molecule has 6 nitrogen and oxygen atoms in total. The number of nitrogens with one attached hydrogen (secondary N) is 1. The van der Waals surface area contributed by atoms with Crippen LogP contribution in [0.5, 0.6) is 0 Å². The number of hydrogen-bond acceptors (Lipinski definition) is 4. The number of likely N-dealkylation sites (tertiary alicyclic amines) is 1. The summed E-state index contributed by atoms with van der Waals surface area (Å²) in [6, 6.07) is 6.92. The third-order valence-corrected chi connectivity index (χ3v) is 7.09. The third-order valence-electron chi connectivity index (χ3n) is 5.03. The number of aryl methyl sites for hydroxylation is 1. The van der Waals surface area contributed by atoms with Gasteiger partial charge in [0, 0.05) is 32.6 Å². The first-order valence-electron chi connectivity index (χ1n) is 9.43. The quantitative estimate of drug-likeness (QED) is 0.707. The van der Waals surface area contributed by atoms with E-state index in [-0.39, 0.29) is 5.91 Å². The molecular weight excluding hydrogens is 350 g/mol. The molecule has 2 rings (SSSR count). The molecule has 1 unspecified atom stereocenters. The number of benzene rings is 1. The Morgan fingerprint density at radius 3 is 2.46 bits per heavy atom. The van der Waals surface area contributed by atoms with Crippen LogP contribution in [0.2, 0.25) is 0 Å². The van der Waals surface area contributed by atoms with Gasteiger partial charge in [-0.1, -0.05) is 26.0 Å². The fraction of sp³-hybridized carbons (Fsp3) is 0.632. The summed E-state index contributed by atoms with van der Waals surface area (Å²) in [6.07, 6.45) is 2.16. The molecule has 1 atom stereocenters. The van der Waals surface area contributed by atoms with Crippen LogP contribution in [0, 0.1) is 5.92 Å². The van der Waals surface area contributed by atoms with Gasteiger partial charge in [-0.2, -0.15) is 4.31 Å². The summed E-state index contributed by atoms with van der Waals surface area (Å²) < 4.78 is 26.4. The van der Waals surface area contributed by atoms with E-state index >= 15 is 0 Å². The molecule has 0 aliphatic carbocycles. The van der Waals surface area contributed by atoms with Crippen LogP contribution >= 0.6 is 0 Å². The van der Waals surface area contributed by atoms with Gasteiger partial charge >= 0.3 is 0 Å². The molecule has 7 heteroatoms. The van der Waals surface area contributed by atoms with Crippen LogP contribution in [0.3, 0.4) is 0 Å². The van der Waals surface area contributed by atoms with Crippen molar-refractivity contribution < 1.29 is 13.2 Å². The maximum atomic E-state index is 12.5. The second-order valence-corrected chi connectivity index (χ2v) is 8.72. The standard InChI is InChI=1S/C19H31N3O3S/c1-4-22(5-2)26(24,25)18-9-6-16(7-10-18)8-11-19(23)21-13-12-17(15-21)14-20-3/h6-7,9-10,17,20H,4-5,8,11-15H2,1-3H3. The number of carbonyl (C=O) groups is 1. The summed E-state index contributed by atoms with van der Waals surface area (Å²) in [7, 11) is -1.48. The molecule has 1 fully saturated rings. The SMILES string of the molecule is CCN(CC)S(=O)(=O)c1ccc(CCC(=O)N2CCC(CNC)C2)cc1. The lowest BCUT2D eigenvalue weighted by Gasteiger charge is -2.18. The molecule has 0 spiro atoms. The summed E-state index contributed by atoms with van der Waals surface area (Å²) >= 11 is 0. The lowest BCUT2D eigenvalue weighted by molar-refractivity contribution is -0.130. The lowest BCUT2D eigenvalue weighted by atomic mass is 10.1. The van der Waals surface area contributed by atoms with Gasteiger partial charge in [0.05, 0.1) is 4.90 Å². The minimum Gasteiger partial charge on any atom is -0.342 e. The molecule has 0 aromatic heterocycles. The highest BCUT2D eigenvalue weighted by atomic mass is 32.2. The van der Waals surface area contributed by atoms with Gasteiger partial charge in [0.1, 0.15) is 0 Å². The first kappa shape index (κ1) is 20.9.